The van der Waals surface area contributed by atoms with E-state index in [0.717, 1.165) is 10.4 Å². The molecule has 0 aliphatic carbocycles. The Hall–Kier alpha value is -3.45. The molecule has 6 nitrogen and oxygen atoms in total. The van der Waals surface area contributed by atoms with Crippen LogP contribution in [0.5, 0.6) is 0 Å². The smallest absolute Gasteiger partial charge is 0.308 e. The second kappa shape index (κ2) is 7.66. The summed E-state index contributed by atoms with van der Waals surface area (Å²) in [5.41, 5.74) is 1.92. The summed E-state index contributed by atoms with van der Waals surface area (Å²) in [4.78, 5) is 30.4. The number of hydrogen-bond acceptors (Lipinski definition) is 4. The van der Waals surface area contributed by atoms with E-state index in [1.54, 1.807) is 17.4 Å². The van der Waals surface area contributed by atoms with Gasteiger partial charge in [-0.05, 0) is 42.6 Å². The Labute approximate surface area is 165 Å². The molecule has 2 aromatic heterocycles. The Morgan fingerprint density at radius 1 is 1.04 bits per heavy atom. The summed E-state index contributed by atoms with van der Waals surface area (Å²) in [6.07, 6.45) is 0. The summed E-state index contributed by atoms with van der Waals surface area (Å²) < 4.78 is 1.49. The molecular weight excluding hydrogens is 372 g/mol. The van der Waals surface area contributed by atoms with Gasteiger partial charge in [-0.25, -0.2) is 9.59 Å². The molecule has 0 saturated carbocycles. The fourth-order valence-corrected chi connectivity index (χ4v) is 3.62. The van der Waals surface area contributed by atoms with E-state index < -0.39 is 11.7 Å². The Morgan fingerprint density at radius 3 is 2.57 bits per heavy atom. The first-order valence-electron chi connectivity index (χ1n) is 8.77. The van der Waals surface area contributed by atoms with Gasteiger partial charge in [-0.2, -0.15) is 4.98 Å². The quantitative estimate of drug-likeness (QED) is 0.540. The predicted molar refractivity (Wildman–Crippen MR) is 113 cm³/mol. The normalized spacial score (nSPS) is 10.8. The highest BCUT2D eigenvalue weighted by Crippen LogP contribution is 2.22. The lowest BCUT2D eigenvalue weighted by molar-refractivity contribution is 0.262. The van der Waals surface area contributed by atoms with Crippen LogP contribution in [-0.4, -0.2) is 15.6 Å². The van der Waals surface area contributed by atoms with Crippen molar-refractivity contribution in [3.63, 3.8) is 0 Å². The number of fused-ring (bicyclic) bond motifs is 1. The number of thiophene rings is 1. The number of rotatable bonds is 4. The number of nitrogens with one attached hydrogen (secondary N) is 2. The fourth-order valence-electron chi connectivity index (χ4n) is 2.92. The van der Waals surface area contributed by atoms with Gasteiger partial charge in [-0.3, -0.25) is 9.88 Å². The van der Waals surface area contributed by atoms with Crippen LogP contribution in [0.25, 0.3) is 10.9 Å². The highest BCUT2D eigenvalue weighted by Gasteiger charge is 2.15. The molecule has 2 aromatic carbocycles. The summed E-state index contributed by atoms with van der Waals surface area (Å²) in [7, 11) is 0. The van der Waals surface area contributed by atoms with Gasteiger partial charge >= 0.3 is 11.7 Å². The van der Waals surface area contributed by atoms with Crippen molar-refractivity contribution in [1.82, 2.24) is 9.55 Å². The number of carbonyl (C=O) groups is 1. The third kappa shape index (κ3) is 3.79. The van der Waals surface area contributed by atoms with Crippen molar-refractivity contribution in [3.05, 3.63) is 87.0 Å². The van der Waals surface area contributed by atoms with E-state index in [-0.39, 0.29) is 0 Å². The van der Waals surface area contributed by atoms with Crippen molar-refractivity contribution in [2.75, 3.05) is 10.6 Å². The number of benzene rings is 2. The standard InChI is InChI=1S/C21H18N4O2S/c1-14-8-10-15(11-9-14)22-20(26)24-19-17-6-2-3-7-18(17)23-21(27)25(19)13-16-5-4-12-28-16/h2-12H,13H2,1H3,(H2,22,24,26). The topological polar surface area (TPSA) is 76.0 Å². The first kappa shape index (κ1) is 17.9. The number of nitrogens with zero attached hydrogens (tertiary/aromatic N) is 2. The monoisotopic (exact) mass is 390 g/mol. The lowest BCUT2D eigenvalue weighted by Gasteiger charge is -2.16. The molecule has 2 amide bonds. The minimum atomic E-state index is -0.417. The van der Waals surface area contributed by atoms with E-state index in [4.69, 9.17) is 0 Å². The van der Waals surface area contributed by atoms with Crippen LogP contribution in [0, 0.1) is 6.92 Å². The van der Waals surface area contributed by atoms with Gasteiger partial charge in [0.15, 0.2) is 0 Å². The van der Waals surface area contributed by atoms with Crippen molar-refractivity contribution in [1.29, 1.82) is 0 Å². The molecule has 4 aromatic rings. The van der Waals surface area contributed by atoms with Gasteiger partial charge in [0.25, 0.3) is 0 Å². The molecule has 0 aliphatic rings. The van der Waals surface area contributed by atoms with E-state index >= 15 is 0 Å². The second-order valence-corrected chi connectivity index (χ2v) is 7.40. The van der Waals surface area contributed by atoms with Gasteiger partial charge in [0.05, 0.1) is 12.1 Å². The minimum Gasteiger partial charge on any atom is -0.308 e. The highest BCUT2D eigenvalue weighted by molar-refractivity contribution is 7.09. The largest absolute Gasteiger partial charge is 0.350 e. The zero-order valence-corrected chi connectivity index (χ0v) is 16.0. The Morgan fingerprint density at radius 2 is 1.82 bits per heavy atom. The first-order chi connectivity index (χ1) is 13.6. The molecule has 140 valence electrons. The molecule has 0 fully saturated rings. The maximum atomic E-state index is 12.6. The summed E-state index contributed by atoms with van der Waals surface area (Å²) >= 11 is 1.55. The SMILES string of the molecule is Cc1ccc(NC(=O)Nc2c3ccccc3nc(=O)n2Cc2cccs2)cc1. The molecule has 0 unspecified atom stereocenters. The third-order valence-electron chi connectivity index (χ3n) is 4.31. The van der Waals surface area contributed by atoms with Crippen molar-refractivity contribution < 1.29 is 4.79 Å². The van der Waals surface area contributed by atoms with Crippen molar-refractivity contribution in [2.24, 2.45) is 0 Å². The molecule has 0 spiro atoms. The van der Waals surface area contributed by atoms with Gasteiger partial charge in [0.2, 0.25) is 0 Å². The summed E-state index contributed by atoms with van der Waals surface area (Å²) in [6.45, 7) is 2.32. The number of amides is 2. The Balaban J connectivity index is 1.71. The molecule has 2 N–H and O–H groups in total. The van der Waals surface area contributed by atoms with Crippen LogP contribution < -0.4 is 16.3 Å². The van der Waals surface area contributed by atoms with Gasteiger partial charge in [0, 0.05) is 16.0 Å². The van der Waals surface area contributed by atoms with E-state index in [0.29, 0.717) is 29.0 Å². The minimum absolute atomic E-state index is 0.342. The van der Waals surface area contributed by atoms with Crippen molar-refractivity contribution >= 4 is 39.8 Å². The lowest BCUT2D eigenvalue weighted by Crippen LogP contribution is -2.30. The van der Waals surface area contributed by atoms with Crippen LogP contribution in [0.4, 0.5) is 16.3 Å². The van der Waals surface area contributed by atoms with Gasteiger partial charge < -0.3 is 5.32 Å². The van der Waals surface area contributed by atoms with E-state index in [1.807, 2.05) is 66.9 Å². The van der Waals surface area contributed by atoms with E-state index in [2.05, 4.69) is 15.6 Å². The lowest BCUT2D eigenvalue weighted by atomic mass is 10.2. The number of para-hydroxylation sites is 1. The summed E-state index contributed by atoms with van der Waals surface area (Å²) in [5, 5.41) is 8.31. The van der Waals surface area contributed by atoms with Gasteiger partial charge in [-0.15, -0.1) is 11.3 Å². The van der Waals surface area contributed by atoms with E-state index in [9.17, 15) is 9.59 Å². The molecule has 0 aliphatic heterocycles. The number of carbonyl (C=O) groups excluding carboxylic acids is 1. The molecular formula is C21H18N4O2S. The first-order valence-corrected chi connectivity index (χ1v) is 9.65. The maximum Gasteiger partial charge on any atom is 0.350 e. The highest BCUT2D eigenvalue weighted by atomic mass is 32.1. The number of anilines is 2. The second-order valence-electron chi connectivity index (χ2n) is 6.37. The van der Waals surface area contributed by atoms with Crippen LogP contribution in [0.2, 0.25) is 0 Å². The molecule has 0 atom stereocenters. The van der Waals surface area contributed by atoms with Crippen LogP contribution in [0.15, 0.2) is 70.8 Å². The Bertz CT molecular complexity index is 1180. The van der Waals surface area contributed by atoms with Crippen molar-refractivity contribution in [2.45, 2.75) is 13.5 Å². The summed E-state index contributed by atoms with van der Waals surface area (Å²) in [5.74, 6) is 0.425. The average molecular weight is 390 g/mol. The van der Waals surface area contributed by atoms with Gasteiger partial charge in [0.1, 0.15) is 5.82 Å². The van der Waals surface area contributed by atoms with Crippen LogP contribution >= 0.6 is 11.3 Å². The molecule has 4 rings (SSSR count). The molecule has 28 heavy (non-hydrogen) atoms. The number of hydrogen-bond donors (Lipinski definition) is 2. The number of urea groups is 1. The molecule has 2 heterocycles. The Kier molecular flexibility index (Phi) is 4.90. The zero-order valence-electron chi connectivity index (χ0n) is 15.2. The third-order valence-corrected chi connectivity index (χ3v) is 5.17. The van der Waals surface area contributed by atoms with Crippen LogP contribution in [-0.2, 0) is 6.54 Å². The fraction of sp³-hybridized carbons (Fsp3) is 0.0952. The maximum absolute atomic E-state index is 12.6. The van der Waals surface area contributed by atoms with E-state index in [1.165, 1.54) is 4.57 Å². The van der Waals surface area contributed by atoms with Crippen molar-refractivity contribution in [3.8, 4) is 0 Å². The summed E-state index contributed by atoms with van der Waals surface area (Å²) in [6, 6.07) is 18.2. The zero-order chi connectivity index (χ0) is 19.5. The molecule has 7 heteroatoms. The number of aryl methyl sites for hydroxylation is 1. The predicted octanol–water partition coefficient (Wildman–Crippen LogP) is 4.46. The van der Waals surface area contributed by atoms with Gasteiger partial charge in [-0.1, -0.05) is 35.9 Å². The average Bonchev–Trinajstić information content (AvgIpc) is 3.19. The molecule has 0 radical (unpaired) electrons. The molecule has 0 saturated heterocycles. The molecule has 0 bridgehead atoms. The van der Waals surface area contributed by atoms with Crippen LogP contribution in [0.3, 0.4) is 0 Å². The number of aromatic nitrogens is 2. The van der Waals surface area contributed by atoms with Crippen LogP contribution in [0.1, 0.15) is 10.4 Å².